The van der Waals surface area contributed by atoms with E-state index in [0.717, 1.165) is 0 Å². The van der Waals surface area contributed by atoms with Gasteiger partial charge in [-0.05, 0) is 24.3 Å². The number of hydrogen-bond acceptors (Lipinski definition) is 6. The molecule has 1 atom stereocenters. The Hall–Kier alpha value is -3.43. The number of rotatable bonds is 5. The van der Waals surface area contributed by atoms with Crippen LogP contribution in [0.3, 0.4) is 0 Å². The van der Waals surface area contributed by atoms with Crippen molar-refractivity contribution in [3.05, 3.63) is 48.3 Å². The van der Waals surface area contributed by atoms with Crippen LogP contribution in [0.15, 0.2) is 36.7 Å². The lowest BCUT2D eigenvalue weighted by Crippen LogP contribution is -2.47. The zero-order chi connectivity index (χ0) is 22.0. The number of ether oxygens (including phenoxy) is 1. The van der Waals surface area contributed by atoms with Gasteiger partial charge in [0.25, 0.3) is 0 Å². The van der Waals surface area contributed by atoms with Gasteiger partial charge >= 0.3 is 6.09 Å². The molecule has 2 aliphatic rings. The van der Waals surface area contributed by atoms with Crippen molar-refractivity contribution in [2.45, 2.75) is 13.0 Å². The van der Waals surface area contributed by atoms with Gasteiger partial charge in [-0.1, -0.05) is 0 Å². The van der Waals surface area contributed by atoms with E-state index in [-0.39, 0.29) is 24.8 Å². The van der Waals surface area contributed by atoms with Crippen LogP contribution in [0.4, 0.5) is 30.6 Å². The maximum absolute atomic E-state index is 14.9. The topological polar surface area (TPSA) is 78.0 Å². The third-order valence-electron chi connectivity index (χ3n) is 5.41. The van der Waals surface area contributed by atoms with Crippen molar-refractivity contribution in [1.82, 2.24) is 10.3 Å². The second-order valence-corrected chi connectivity index (χ2v) is 7.49. The van der Waals surface area contributed by atoms with Crippen molar-refractivity contribution in [2.75, 3.05) is 54.0 Å². The van der Waals surface area contributed by atoms with Crippen LogP contribution in [0.1, 0.15) is 6.92 Å². The molecule has 0 radical (unpaired) electrons. The number of carbonyl (C=O) groups is 2. The van der Waals surface area contributed by atoms with Crippen molar-refractivity contribution in [3.63, 3.8) is 0 Å². The Morgan fingerprint density at radius 3 is 2.42 bits per heavy atom. The average Bonchev–Trinajstić information content (AvgIpc) is 3.13. The molecule has 2 aromatic rings. The van der Waals surface area contributed by atoms with E-state index < -0.39 is 18.0 Å². The zero-order valence-electron chi connectivity index (χ0n) is 17.1. The van der Waals surface area contributed by atoms with E-state index in [1.54, 1.807) is 24.4 Å². The predicted molar refractivity (Wildman–Crippen MR) is 111 cm³/mol. The number of halogens is 2. The number of anilines is 3. The first-order chi connectivity index (χ1) is 14.9. The van der Waals surface area contributed by atoms with Crippen molar-refractivity contribution >= 4 is 29.1 Å². The molecule has 0 aliphatic carbocycles. The summed E-state index contributed by atoms with van der Waals surface area (Å²) in [5.41, 5.74) is 1.32. The first kappa shape index (κ1) is 20.8. The number of cyclic esters (lactones) is 1. The van der Waals surface area contributed by atoms with Crippen molar-refractivity contribution in [3.8, 4) is 0 Å². The van der Waals surface area contributed by atoms with Crippen molar-refractivity contribution < 1.29 is 23.1 Å². The Morgan fingerprint density at radius 2 is 1.81 bits per heavy atom. The van der Waals surface area contributed by atoms with E-state index in [1.807, 2.05) is 9.80 Å². The van der Waals surface area contributed by atoms with E-state index in [1.165, 1.54) is 24.1 Å². The molecular weight excluding hydrogens is 408 g/mol. The van der Waals surface area contributed by atoms with E-state index in [9.17, 15) is 18.4 Å². The van der Waals surface area contributed by atoms with Crippen LogP contribution in [-0.4, -0.2) is 62.4 Å². The number of nitrogens with one attached hydrogen (secondary N) is 1. The van der Waals surface area contributed by atoms with Gasteiger partial charge in [0.1, 0.15) is 11.9 Å². The van der Waals surface area contributed by atoms with E-state index >= 15 is 0 Å². The van der Waals surface area contributed by atoms with Crippen LogP contribution in [0.5, 0.6) is 0 Å². The number of piperazine rings is 1. The molecule has 1 N–H and O–H groups in total. The zero-order valence-corrected chi connectivity index (χ0v) is 17.1. The molecule has 164 valence electrons. The van der Waals surface area contributed by atoms with Crippen molar-refractivity contribution in [1.29, 1.82) is 0 Å². The molecule has 8 nitrogen and oxygen atoms in total. The van der Waals surface area contributed by atoms with Gasteiger partial charge in [-0.2, -0.15) is 0 Å². The summed E-state index contributed by atoms with van der Waals surface area (Å²) in [5.74, 6) is -1.03. The minimum Gasteiger partial charge on any atom is -0.442 e. The summed E-state index contributed by atoms with van der Waals surface area (Å²) in [6.45, 7) is 3.98. The highest BCUT2D eigenvalue weighted by atomic mass is 19.1. The molecule has 0 bridgehead atoms. The highest BCUT2D eigenvalue weighted by molar-refractivity contribution is 5.90. The number of amides is 2. The normalized spacial score (nSPS) is 18.9. The quantitative estimate of drug-likeness (QED) is 0.782. The molecule has 2 fully saturated rings. The number of benzene rings is 1. The van der Waals surface area contributed by atoms with Crippen LogP contribution in [0.25, 0.3) is 0 Å². The average molecular weight is 431 g/mol. The van der Waals surface area contributed by atoms with Crippen LogP contribution >= 0.6 is 0 Å². The molecule has 4 rings (SSSR count). The highest BCUT2D eigenvalue weighted by Gasteiger charge is 2.33. The van der Waals surface area contributed by atoms with Crippen molar-refractivity contribution in [2.24, 2.45) is 0 Å². The molecule has 0 saturated carbocycles. The van der Waals surface area contributed by atoms with Gasteiger partial charge in [0.15, 0.2) is 5.82 Å². The summed E-state index contributed by atoms with van der Waals surface area (Å²) in [7, 11) is 0. The van der Waals surface area contributed by atoms with E-state index in [0.29, 0.717) is 43.2 Å². The summed E-state index contributed by atoms with van der Waals surface area (Å²) in [6, 6.07) is 6.26. The molecule has 0 spiro atoms. The molecule has 10 heteroatoms. The second kappa shape index (κ2) is 8.75. The van der Waals surface area contributed by atoms with Gasteiger partial charge in [0, 0.05) is 39.3 Å². The third-order valence-corrected chi connectivity index (χ3v) is 5.41. The number of carbonyl (C=O) groups excluding carboxylic acids is 2. The van der Waals surface area contributed by atoms with Gasteiger partial charge in [-0.25, -0.2) is 13.6 Å². The maximum atomic E-state index is 14.9. The minimum absolute atomic E-state index is 0.209. The van der Waals surface area contributed by atoms with Crippen LogP contribution in [0, 0.1) is 11.6 Å². The molecule has 3 heterocycles. The molecule has 31 heavy (non-hydrogen) atoms. The molecule has 1 aromatic carbocycles. The lowest BCUT2D eigenvalue weighted by Gasteiger charge is -2.37. The molecule has 1 aromatic heterocycles. The number of pyridine rings is 1. The third kappa shape index (κ3) is 4.52. The maximum Gasteiger partial charge on any atom is 0.414 e. The fourth-order valence-corrected chi connectivity index (χ4v) is 3.83. The standard InChI is InChI=1S/C21H23F2N5O3/c1-14(29)25-11-16-13-28(21(30)31-16)15-2-3-19(17(22)10-15)26-6-8-27(9-7-26)20-4-5-24-12-18(20)23/h2-5,10,12,16H,6-9,11,13H2,1H3,(H,25,29)/t16-/m0/s1. The Balaban J connectivity index is 1.40. The molecule has 0 unspecified atom stereocenters. The number of aromatic nitrogens is 1. The second-order valence-electron chi connectivity index (χ2n) is 7.49. The SMILES string of the molecule is CC(=O)NC[C@H]1CN(c2ccc(N3CCN(c4ccncc4F)CC3)c(F)c2)C(=O)O1. The van der Waals surface area contributed by atoms with Crippen LogP contribution in [-0.2, 0) is 9.53 Å². The highest BCUT2D eigenvalue weighted by Crippen LogP contribution is 2.29. The van der Waals surface area contributed by atoms with Gasteiger partial charge in [-0.15, -0.1) is 0 Å². The first-order valence-electron chi connectivity index (χ1n) is 10.0. The van der Waals surface area contributed by atoms with Gasteiger partial charge in [-0.3, -0.25) is 14.7 Å². The van der Waals surface area contributed by atoms with Gasteiger partial charge < -0.3 is 19.9 Å². The fraction of sp³-hybridized carbons (Fsp3) is 0.381. The summed E-state index contributed by atoms with van der Waals surface area (Å²) in [6.07, 6.45) is 1.67. The summed E-state index contributed by atoms with van der Waals surface area (Å²) >= 11 is 0. The van der Waals surface area contributed by atoms with E-state index in [2.05, 4.69) is 10.3 Å². The summed E-state index contributed by atoms with van der Waals surface area (Å²) < 4.78 is 34.1. The fourth-order valence-electron chi connectivity index (χ4n) is 3.83. The Bertz CT molecular complexity index is 981. The smallest absolute Gasteiger partial charge is 0.414 e. The largest absolute Gasteiger partial charge is 0.442 e. The lowest BCUT2D eigenvalue weighted by molar-refractivity contribution is -0.119. The first-order valence-corrected chi connectivity index (χ1v) is 10.0. The summed E-state index contributed by atoms with van der Waals surface area (Å²) in [5, 5.41) is 2.61. The van der Waals surface area contributed by atoms with E-state index in [4.69, 9.17) is 4.74 Å². The van der Waals surface area contributed by atoms with Crippen LogP contribution < -0.4 is 20.0 Å². The number of nitrogens with zero attached hydrogens (tertiary/aromatic N) is 4. The minimum atomic E-state index is -0.574. The molecular formula is C21H23F2N5O3. The molecule has 2 aliphatic heterocycles. The molecule has 2 saturated heterocycles. The van der Waals surface area contributed by atoms with Gasteiger partial charge in [0.2, 0.25) is 5.91 Å². The molecule has 2 amide bonds. The Morgan fingerprint density at radius 1 is 1.13 bits per heavy atom. The van der Waals surface area contributed by atoms with Gasteiger partial charge in [0.05, 0.1) is 36.3 Å². The lowest BCUT2D eigenvalue weighted by atomic mass is 10.2. The predicted octanol–water partition coefficient (Wildman–Crippen LogP) is 2.15. The number of hydrogen-bond donors (Lipinski definition) is 1. The monoisotopic (exact) mass is 431 g/mol. The Kier molecular flexibility index (Phi) is 5.88. The van der Waals surface area contributed by atoms with Crippen LogP contribution in [0.2, 0.25) is 0 Å². The Labute approximate surface area is 178 Å². The summed E-state index contributed by atoms with van der Waals surface area (Å²) in [4.78, 5) is 32.1.